The van der Waals surface area contributed by atoms with Crippen molar-refractivity contribution < 1.29 is 9.13 Å². The first-order valence-corrected chi connectivity index (χ1v) is 11.7. The molecule has 0 amide bonds. The van der Waals surface area contributed by atoms with Crippen molar-refractivity contribution in [1.29, 1.82) is 0 Å². The third-order valence-corrected chi connectivity index (χ3v) is 6.21. The van der Waals surface area contributed by atoms with Crippen LogP contribution in [0.15, 0.2) is 47.5 Å². The molecule has 7 nitrogen and oxygen atoms in total. The van der Waals surface area contributed by atoms with Gasteiger partial charge >= 0.3 is 5.69 Å². The number of aromatic nitrogens is 4. The van der Waals surface area contributed by atoms with Crippen LogP contribution in [0, 0.1) is 11.7 Å². The molecule has 4 rings (SSSR count). The molecule has 2 heterocycles. The second kappa shape index (κ2) is 10.3. The van der Waals surface area contributed by atoms with Crippen molar-refractivity contribution in [2.24, 2.45) is 5.92 Å². The fourth-order valence-electron chi connectivity index (χ4n) is 4.42. The minimum atomic E-state index is -0.354. The second-order valence-corrected chi connectivity index (χ2v) is 8.89. The van der Waals surface area contributed by atoms with Crippen LogP contribution in [0.3, 0.4) is 0 Å². The summed E-state index contributed by atoms with van der Waals surface area (Å²) in [5.74, 6) is 0.966. The predicted molar refractivity (Wildman–Crippen MR) is 127 cm³/mol. The quantitative estimate of drug-likeness (QED) is 0.537. The Labute approximate surface area is 193 Å². The maximum absolute atomic E-state index is 13.6. The fourth-order valence-corrected chi connectivity index (χ4v) is 4.42. The van der Waals surface area contributed by atoms with Gasteiger partial charge in [0.05, 0.1) is 29.7 Å². The van der Waals surface area contributed by atoms with Crippen LogP contribution in [0.5, 0.6) is 0 Å². The lowest BCUT2D eigenvalue weighted by Gasteiger charge is -2.26. The molecule has 1 aromatic carbocycles. The third-order valence-electron chi connectivity index (χ3n) is 6.21. The van der Waals surface area contributed by atoms with Crippen molar-refractivity contribution >= 4 is 5.95 Å². The Morgan fingerprint density at radius 2 is 1.91 bits per heavy atom. The van der Waals surface area contributed by atoms with Crippen molar-refractivity contribution in [3.05, 3.63) is 59.0 Å². The number of hydrogen-bond acceptors (Lipinski definition) is 5. The number of nitrogens with one attached hydrogen (secondary N) is 1. The van der Waals surface area contributed by atoms with Crippen molar-refractivity contribution in [2.45, 2.75) is 65.1 Å². The number of imidazole rings is 1. The molecule has 0 bridgehead atoms. The average Bonchev–Trinajstić information content (AvgIpc) is 3.12. The summed E-state index contributed by atoms with van der Waals surface area (Å²) in [7, 11) is 0. The highest BCUT2D eigenvalue weighted by atomic mass is 19.1. The lowest BCUT2D eigenvalue weighted by Crippen LogP contribution is -2.28. The van der Waals surface area contributed by atoms with Gasteiger partial charge in [-0.15, -0.1) is 0 Å². The number of hydrogen-bond donors (Lipinski definition) is 1. The molecule has 33 heavy (non-hydrogen) atoms. The lowest BCUT2D eigenvalue weighted by atomic mass is 9.87. The SMILES string of the molecule is CCOC(C)Cn1cc(-c2ccnc(N[C@H]3CC[C@H](C)CC3)n2)n(-c2ccc(F)cc2)c1=O. The summed E-state index contributed by atoms with van der Waals surface area (Å²) in [5.41, 5.74) is 1.60. The molecule has 1 saturated carbocycles. The van der Waals surface area contributed by atoms with E-state index in [0.29, 0.717) is 42.2 Å². The second-order valence-electron chi connectivity index (χ2n) is 8.89. The maximum Gasteiger partial charge on any atom is 0.333 e. The summed E-state index contributed by atoms with van der Waals surface area (Å²) in [6.07, 6.45) is 7.96. The Morgan fingerprint density at radius 1 is 1.18 bits per heavy atom. The van der Waals surface area contributed by atoms with E-state index in [2.05, 4.69) is 17.2 Å². The molecule has 0 aliphatic heterocycles. The zero-order valence-corrected chi connectivity index (χ0v) is 19.5. The monoisotopic (exact) mass is 453 g/mol. The maximum atomic E-state index is 13.6. The van der Waals surface area contributed by atoms with E-state index in [4.69, 9.17) is 9.72 Å². The first-order chi connectivity index (χ1) is 15.9. The van der Waals surface area contributed by atoms with Gasteiger partial charge in [-0.3, -0.25) is 9.13 Å². The van der Waals surface area contributed by atoms with Gasteiger partial charge in [-0.1, -0.05) is 6.92 Å². The van der Waals surface area contributed by atoms with E-state index in [1.54, 1.807) is 39.7 Å². The fraction of sp³-hybridized carbons (Fsp3) is 0.480. The number of nitrogens with zero attached hydrogens (tertiary/aromatic N) is 4. The predicted octanol–water partition coefficient (Wildman–Crippen LogP) is 4.65. The van der Waals surface area contributed by atoms with Crippen LogP contribution in [0.2, 0.25) is 0 Å². The Hall–Kier alpha value is -3.00. The summed E-state index contributed by atoms with van der Waals surface area (Å²) >= 11 is 0. The van der Waals surface area contributed by atoms with E-state index >= 15 is 0 Å². The standard InChI is InChI=1S/C25H32FN5O2/c1-4-33-18(3)15-30-16-23(31(25(30)32)21-11-7-19(26)8-12-21)22-13-14-27-24(29-22)28-20-9-5-17(2)6-10-20/h7-8,11-14,16-18,20H,4-6,9-10,15H2,1-3H3,(H,27,28,29)/t17-,18?,20-. The van der Waals surface area contributed by atoms with Gasteiger partial charge in [0.25, 0.3) is 0 Å². The van der Waals surface area contributed by atoms with E-state index in [0.717, 1.165) is 18.8 Å². The molecule has 0 spiro atoms. The summed E-state index contributed by atoms with van der Waals surface area (Å²) in [6.45, 7) is 7.13. The van der Waals surface area contributed by atoms with E-state index in [9.17, 15) is 9.18 Å². The highest BCUT2D eigenvalue weighted by Gasteiger charge is 2.21. The van der Waals surface area contributed by atoms with Crippen molar-refractivity contribution in [3.8, 4) is 17.1 Å². The zero-order chi connectivity index (χ0) is 23.4. The molecule has 1 atom stereocenters. The Bertz CT molecular complexity index is 1120. The normalized spacial score (nSPS) is 19.4. The number of halogens is 1. The van der Waals surface area contributed by atoms with Gasteiger partial charge in [-0.05, 0) is 75.8 Å². The molecule has 3 aromatic rings. The van der Waals surface area contributed by atoms with E-state index in [1.807, 2.05) is 13.8 Å². The largest absolute Gasteiger partial charge is 0.377 e. The zero-order valence-electron chi connectivity index (χ0n) is 19.5. The van der Waals surface area contributed by atoms with Crippen LogP contribution < -0.4 is 11.0 Å². The molecule has 2 aromatic heterocycles. The topological polar surface area (TPSA) is 74.0 Å². The summed E-state index contributed by atoms with van der Waals surface area (Å²) < 4.78 is 22.4. The van der Waals surface area contributed by atoms with Crippen LogP contribution >= 0.6 is 0 Å². The molecule has 1 unspecified atom stereocenters. The van der Waals surface area contributed by atoms with Crippen LogP contribution in [0.25, 0.3) is 17.1 Å². The molecule has 0 saturated heterocycles. The van der Waals surface area contributed by atoms with E-state index < -0.39 is 0 Å². The first-order valence-electron chi connectivity index (χ1n) is 11.7. The highest BCUT2D eigenvalue weighted by molar-refractivity contribution is 5.59. The Morgan fingerprint density at radius 3 is 2.61 bits per heavy atom. The molecule has 176 valence electrons. The number of rotatable bonds is 8. The van der Waals surface area contributed by atoms with E-state index in [-0.39, 0.29) is 17.6 Å². The van der Waals surface area contributed by atoms with Gasteiger partial charge < -0.3 is 10.1 Å². The summed E-state index contributed by atoms with van der Waals surface area (Å²) in [5, 5.41) is 3.46. The van der Waals surface area contributed by atoms with Crippen LogP contribution in [-0.2, 0) is 11.3 Å². The van der Waals surface area contributed by atoms with Gasteiger partial charge in [-0.2, -0.15) is 0 Å². The van der Waals surface area contributed by atoms with Crippen molar-refractivity contribution in [2.75, 3.05) is 11.9 Å². The van der Waals surface area contributed by atoms with Crippen molar-refractivity contribution in [1.82, 2.24) is 19.1 Å². The summed E-state index contributed by atoms with van der Waals surface area (Å²) in [6, 6.07) is 8.04. The molecular weight excluding hydrogens is 421 g/mol. The van der Waals surface area contributed by atoms with Crippen molar-refractivity contribution in [3.63, 3.8) is 0 Å². The lowest BCUT2D eigenvalue weighted by molar-refractivity contribution is 0.0633. The van der Waals surface area contributed by atoms with Gasteiger partial charge in [-0.25, -0.2) is 19.2 Å². The Balaban J connectivity index is 1.70. The molecular formula is C25H32FN5O2. The van der Waals surface area contributed by atoms with Crippen LogP contribution in [0.4, 0.5) is 10.3 Å². The molecule has 1 fully saturated rings. The van der Waals surface area contributed by atoms with Gasteiger partial charge in [0.2, 0.25) is 5.95 Å². The number of anilines is 1. The molecule has 1 aliphatic rings. The van der Waals surface area contributed by atoms with E-state index in [1.165, 1.54) is 25.0 Å². The minimum Gasteiger partial charge on any atom is -0.377 e. The minimum absolute atomic E-state index is 0.124. The molecule has 8 heteroatoms. The smallest absolute Gasteiger partial charge is 0.333 e. The van der Waals surface area contributed by atoms with Gasteiger partial charge in [0, 0.05) is 25.0 Å². The Kier molecular flexibility index (Phi) is 7.23. The first kappa shape index (κ1) is 23.2. The number of ether oxygens (including phenoxy) is 1. The molecule has 1 aliphatic carbocycles. The summed E-state index contributed by atoms with van der Waals surface area (Å²) in [4.78, 5) is 22.5. The van der Waals surface area contributed by atoms with Crippen LogP contribution in [-0.4, -0.2) is 37.9 Å². The molecule has 0 radical (unpaired) electrons. The highest BCUT2D eigenvalue weighted by Crippen LogP contribution is 2.26. The molecule has 1 N–H and O–H groups in total. The number of benzene rings is 1. The van der Waals surface area contributed by atoms with Crippen LogP contribution in [0.1, 0.15) is 46.5 Å². The van der Waals surface area contributed by atoms with Gasteiger partial charge in [0.15, 0.2) is 0 Å². The average molecular weight is 454 g/mol. The van der Waals surface area contributed by atoms with Gasteiger partial charge in [0.1, 0.15) is 5.82 Å². The third kappa shape index (κ3) is 5.50.